The van der Waals surface area contributed by atoms with Crippen LogP contribution in [0, 0.1) is 6.92 Å². The largest absolute Gasteiger partial charge is 0.399 e. The molecule has 0 aliphatic heterocycles. The SMILES string of the molecule is Cc1cccc(CC(=O)c2ccc(-c3cccc(N)c3)s2)c1. The van der Waals surface area contributed by atoms with Crippen LogP contribution in [0.1, 0.15) is 20.8 Å². The summed E-state index contributed by atoms with van der Waals surface area (Å²) in [5.41, 5.74) is 9.84. The first-order valence-corrected chi connectivity index (χ1v) is 7.98. The summed E-state index contributed by atoms with van der Waals surface area (Å²) >= 11 is 1.52. The maximum absolute atomic E-state index is 12.4. The van der Waals surface area contributed by atoms with E-state index in [-0.39, 0.29) is 5.78 Å². The van der Waals surface area contributed by atoms with Gasteiger partial charge in [-0.05, 0) is 42.3 Å². The fourth-order valence-corrected chi connectivity index (χ4v) is 3.37. The van der Waals surface area contributed by atoms with Gasteiger partial charge in [0, 0.05) is 17.0 Å². The number of hydrogen-bond acceptors (Lipinski definition) is 3. The summed E-state index contributed by atoms with van der Waals surface area (Å²) < 4.78 is 0. The summed E-state index contributed by atoms with van der Waals surface area (Å²) in [4.78, 5) is 14.3. The van der Waals surface area contributed by atoms with Crippen LogP contribution in [-0.2, 0) is 6.42 Å². The van der Waals surface area contributed by atoms with Gasteiger partial charge in [0.1, 0.15) is 0 Å². The van der Waals surface area contributed by atoms with Gasteiger partial charge >= 0.3 is 0 Å². The maximum Gasteiger partial charge on any atom is 0.177 e. The van der Waals surface area contributed by atoms with Crippen LogP contribution in [0.2, 0.25) is 0 Å². The van der Waals surface area contributed by atoms with Gasteiger partial charge in [-0.1, -0.05) is 42.0 Å². The van der Waals surface area contributed by atoms with E-state index in [1.165, 1.54) is 16.9 Å². The van der Waals surface area contributed by atoms with E-state index in [9.17, 15) is 4.79 Å². The highest BCUT2D eigenvalue weighted by atomic mass is 32.1. The minimum Gasteiger partial charge on any atom is -0.399 e. The molecule has 0 aliphatic carbocycles. The number of aryl methyl sites for hydroxylation is 1. The van der Waals surface area contributed by atoms with Gasteiger partial charge < -0.3 is 5.73 Å². The molecule has 1 heterocycles. The Kier molecular flexibility index (Phi) is 4.07. The Labute approximate surface area is 134 Å². The maximum atomic E-state index is 12.4. The Balaban J connectivity index is 1.80. The molecule has 22 heavy (non-hydrogen) atoms. The second-order valence-corrected chi connectivity index (χ2v) is 6.46. The minimum atomic E-state index is 0.158. The molecule has 0 amide bonds. The van der Waals surface area contributed by atoms with Crippen molar-refractivity contribution in [3.63, 3.8) is 0 Å². The van der Waals surface area contributed by atoms with Crippen molar-refractivity contribution < 1.29 is 4.79 Å². The molecule has 0 radical (unpaired) electrons. The van der Waals surface area contributed by atoms with Gasteiger partial charge in [-0.3, -0.25) is 4.79 Å². The highest BCUT2D eigenvalue weighted by Gasteiger charge is 2.11. The molecule has 2 N–H and O–H groups in total. The van der Waals surface area contributed by atoms with Crippen LogP contribution < -0.4 is 5.73 Å². The second-order valence-electron chi connectivity index (χ2n) is 5.38. The summed E-state index contributed by atoms with van der Waals surface area (Å²) in [6.45, 7) is 2.04. The molecule has 0 bridgehead atoms. The third kappa shape index (κ3) is 3.26. The molecular weight excluding hydrogens is 290 g/mol. The number of anilines is 1. The zero-order valence-corrected chi connectivity index (χ0v) is 13.2. The Hall–Kier alpha value is -2.39. The van der Waals surface area contributed by atoms with Crippen LogP contribution >= 0.6 is 11.3 Å². The first kappa shape index (κ1) is 14.5. The number of hydrogen-bond donors (Lipinski definition) is 1. The van der Waals surface area contributed by atoms with E-state index >= 15 is 0 Å². The first-order valence-electron chi connectivity index (χ1n) is 7.16. The van der Waals surface area contributed by atoms with Gasteiger partial charge in [0.05, 0.1) is 4.88 Å². The zero-order valence-electron chi connectivity index (χ0n) is 12.4. The molecule has 0 aliphatic rings. The third-order valence-corrected chi connectivity index (χ3v) is 4.67. The van der Waals surface area contributed by atoms with E-state index in [0.717, 1.165) is 26.6 Å². The molecule has 0 spiro atoms. The summed E-state index contributed by atoms with van der Waals surface area (Å²) in [5, 5.41) is 0. The molecule has 2 aromatic carbocycles. The van der Waals surface area contributed by atoms with Gasteiger partial charge in [0.25, 0.3) is 0 Å². The molecule has 3 heteroatoms. The average Bonchev–Trinajstić information content (AvgIpc) is 2.97. The van der Waals surface area contributed by atoms with E-state index < -0.39 is 0 Å². The lowest BCUT2D eigenvalue weighted by atomic mass is 10.1. The molecule has 0 saturated carbocycles. The quantitative estimate of drug-likeness (QED) is 0.559. The Bertz CT molecular complexity index is 820. The van der Waals surface area contributed by atoms with E-state index in [2.05, 4.69) is 6.07 Å². The van der Waals surface area contributed by atoms with Crippen LogP contribution in [0.25, 0.3) is 10.4 Å². The Morgan fingerprint density at radius 3 is 2.64 bits per heavy atom. The standard InChI is InChI=1S/C19H17NOS/c1-13-4-2-5-14(10-13)11-17(21)19-9-8-18(22-19)15-6-3-7-16(20)12-15/h2-10,12H,11,20H2,1H3. The van der Waals surface area contributed by atoms with Crippen molar-refractivity contribution in [2.45, 2.75) is 13.3 Å². The fourth-order valence-electron chi connectivity index (χ4n) is 2.43. The summed E-state index contributed by atoms with van der Waals surface area (Å²) in [7, 11) is 0. The Morgan fingerprint density at radius 1 is 1.05 bits per heavy atom. The lowest BCUT2D eigenvalue weighted by Crippen LogP contribution is -2.01. The van der Waals surface area contributed by atoms with Crippen LogP contribution in [-0.4, -0.2) is 5.78 Å². The van der Waals surface area contributed by atoms with Gasteiger partial charge in [-0.15, -0.1) is 11.3 Å². The molecule has 110 valence electrons. The first-order chi connectivity index (χ1) is 10.6. The fraction of sp³-hybridized carbons (Fsp3) is 0.105. The molecule has 3 rings (SSSR count). The minimum absolute atomic E-state index is 0.158. The number of thiophene rings is 1. The second kappa shape index (κ2) is 6.16. The molecule has 0 fully saturated rings. The molecule has 3 aromatic rings. The monoisotopic (exact) mass is 307 g/mol. The van der Waals surface area contributed by atoms with Crippen molar-refractivity contribution in [3.8, 4) is 10.4 Å². The number of carbonyl (C=O) groups excluding carboxylic acids is 1. The topological polar surface area (TPSA) is 43.1 Å². The van der Waals surface area contributed by atoms with Crippen molar-refractivity contribution in [1.82, 2.24) is 0 Å². The normalized spacial score (nSPS) is 10.6. The zero-order chi connectivity index (χ0) is 15.5. The van der Waals surface area contributed by atoms with E-state index in [0.29, 0.717) is 6.42 Å². The van der Waals surface area contributed by atoms with Crippen molar-refractivity contribution in [2.24, 2.45) is 0 Å². The van der Waals surface area contributed by atoms with E-state index in [1.807, 2.05) is 61.5 Å². The Morgan fingerprint density at radius 2 is 1.86 bits per heavy atom. The third-order valence-electron chi connectivity index (χ3n) is 3.50. The number of carbonyl (C=O) groups is 1. The predicted octanol–water partition coefficient (Wildman–Crippen LogP) is 4.73. The molecule has 0 saturated heterocycles. The lowest BCUT2D eigenvalue weighted by Gasteiger charge is -2.01. The smallest absolute Gasteiger partial charge is 0.177 e. The van der Waals surface area contributed by atoms with Crippen molar-refractivity contribution in [2.75, 3.05) is 5.73 Å². The number of ketones is 1. The van der Waals surface area contributed by atoms with Gasteiger partial charge in [-0.25, -0.2) is 0 Å². The average molecular weight is 307 g/mol. The van der Waals surface area contributed by atoms with Crippen LogP contribution in [0.5, 0.6) is 0 Å². The lowest BCUT2D eigenvalue weighted by molar-refractivity contribution is 0.0997. The number of nitrogen functional groups attached to an aromatic ring is 1. The highest BCUT2D eigenvalue weighted by Crippen LogP contribution is 2.29. The summed E-state index contributed by atoms with van der Waals surface area (Å²) in [5.74, 6) is 0.158. The number of benzene rings is 2. The number of nitrogens with two attached hydrogens (primary N) is 1. The van der Waals surface area contributed by atoms with E-state index in [4.69, 9.17) is 5.73 Å². The molecule has 0 atom stereocenters. The molecule has 0 unspecified atom stereocenters. The number of rotatable bonds is 4. The van der Waals surface area contributed by atoms with Crippen LogP contribution in [0.3, 0.4) is 0 Å². The molecule has 2 nitrogen and oxygen atoms in total. The van der Waals surface area contributed by atoms with Crippen LogP contribution in [0.4, 0.5) is 5.69 Å². The van der Waals surface area contributed by atoms with E-state index in [1.54, 1.807) is 0 Å². The van der Waals surface area contributed by atoms with Crippen molar-refractivity contribution >= 4 is 22.8 Å². The van der Waals surface area contributed by atoms with Gasteiger partial charge in [-0.2, -0.15) is 0 Å². The summed E-state index contributed by atoms with van der Waals surface area (Å²) in [6, 6.07) is 19.7. The van der Waals surface area contributed by atoms with Crippen molar-refractivity contribution in [3.05, 3.63) is 76.7 Å². The van der Waals surface area contributed by atoms with Gasteiger partial charge in [0.2, 0.25) is 0 Å². The summed E-state index contributed by atoms with van der Waals surface area (Å²) in [6.07, 6.45) is 0.443. The predicted molar refractivity (Wildman–Crippen MR) is 93.4 cm³/mol. The molecular formula is C19H17NOS. The number of Topliss-reactive ketones (excluding diaryl/α,β-unsaturated/α-hetero) is 1. The van der Waals surface area contributed by atoms with Crippen LogP contribution in [0.15, 0.2) is 60.7 Å². The molecule has 1 aromatic heterocycles. The van der Waals surface area contributed by atoms with Crippen molar-refractivity contribution in [1.29, 1.82) is 0 Å². The highest BCUT2D eigenvalue weighted by molar-refractivity contribution is 7.17. The van der Waals surface area contributed by atoms with Gasteiger partial charge in [0.15, 0.2) is 5.78 Å².